The SMILES string of the molecule is CC(C)c1ccsc1C(N)=O. The van der Waals surface area contributed by atoms with Crippen LogP contribution >= 0.6 is 11.3 Å². The maximum absolute atomic E-state index is 10.8. The van der Waals surface area contributed by atoms with Crippen molar-refractivity contribution in [2.24, 2.45) is 5.73 Å². The quantitative estimate of drug-likeness (QED) is 0.722. The van der Waals surface area contributed by atoms with Gasteiger partial charge in [0.25, 0.3) is 5.91 Å². The van der Waals surface area contributed by atoms with E-state index in [1.54, 1.807) is 0 Å². The zero-order chi connectivity index (χ0) is 8.43. The normalized spacial score (nSPS) is 10.5. The van der Waals surface area contributed by atoms with Gasteiger partial charge in [-0.25, -0.2) is 0 Å². The van der Waals surface area contributed by atoms with Gasteiger partial charge >= 0.3 is 0 Å². The predicted octanol–water partition coefficient (Wildman–Crippen LogP) is 1.97. The molecule has 2 N–H and O–H groups in total. The van der Waals surface area contributed by atoms with E-state index in [2.05, 4.69) is 13.8 Å². The van der Waals surface area contributed by atoms with Crippen LogP contribution in [0.1, 0.15) is 35.0 Å². The van der Waals surface area contributed by atoms with Crippen molar-refractivity contribution >= 4 is 17.2 Å². The van der Waals surface area contributed by atoms with Gasteiger partial charge in [0.15, 0.2) is 0 Å². The second-order valence-electron chi connectivity index (χ2n) is 2.72. The fourth-order valence-electron chi connectivity index (χ4n) is 0.974. The lowest BCUT2D eigenvalue weighted by Gasteiger charge is -2.02. The van der Waals surface area contributed by atoms with Crippen molar-refractivity contribution in [3.05, 3.63) is 21.9 Å². The molecule has 0 unspecified atom stereocenters. The predicted molar refractivity (Wildman–Crippen MR) is 46.9 cm³/mol. The van der Waals surface area contributed by atoms with E-state index in [1.165, 1.54) is 11.3 Å². The molecule has 0 aromatic carbocycles. The maximum Gasteiger partial charge on any atom is 0.259 e. The van der Waals surface area contributed by atoms with E-state index in [9.17, 15) is 4.79 Å². The molecule has 11 heavy (non-hydrogen) atoms. The van der Waals surface area contributed by atoms with E-state index in [4.69, 9.17) is 5.73 Å². The summed E-state index contributed by atoms with van der Waals surface area (Å²) in [5.41, 5.74) is 6.23. The minimum atomic E-state index is -0.316. The number of rotatable bonds is 2. The van der Waals surface area contributed by atoms with E-state index in [0.717, 1.165) is 5.56 Å². The summed E-state index contributed by atoms with van der Waals surface area (Å²) in [5, 5.41) is 1.90. The smallest absolute Gasteiger partial charge is 0.259 e. The second-order valence-corrected chi connectivity index (χ2v) is 3.64. The van der Waals surface area contributed by atoms with Crippen molar-refractivity contribution in [2.45, 2.75) is 19.8 Å². The molecule has 0 aliphatic rings. The molecule has 1 aromatic rings. The first-order chi connectivity index (χ1) is 5.13. The van der Waals surface area contributed by atoms with Crippen LogP contribution in [0.25, 0.3) is 0 Å². The van der Waals surface area contributed by atoms with Crippen molar-refractivity contribution in [1.82, 2.24) is 0 Å². The molecule has 0 aliphatic carbocycles. The van der Waals surface area contributed by atoms with Gasteiger partial charge in [0.1, 0.15) is 0 Å². The molecule has 1 heterocycles. The number of carbonyl (C=O) groups excluding carboxylic acids is 1. The fraction of sp³-hybridized carbons (Fsp3) is 0.375. The van der Waals surface area contributed by atoms with Crippen molar-refractivity contribution in [2.75, 3.05) is 0 Å². The van der Waals surface area contributed by atoms with Gasteiger partial charge in [-0.3, -0.25) is 4.79 Å². The molecule has 1 aromatic heterocycles. The molecular weight excluding hydrogens is 158 g/mol. The highest BCUT2D eigenvalue weighted by Crippen LogP contribution is 2.23. The molecule has 0 fully saturated rings. The molecule has 0 bridgehead atoms. The Bertz CT molecular complexity index is 265. The maximum atomic E-state index is 10.8. The van der Waals surface area contributed by atoms with Gasteiger partial charge in [-0.05, 0) is 22.9 Å². The Kier molecular flexibility index (Phi) is 2.29. The van der Waals surface area contributed by atoms with Gasteiger partial charge < -0.3 is 5.73 Å². The summed E-state index contributed by atoms with van der Waals surface area (Å²) < 4.78 is 0. The van der Waals surface area contributed by atoms with Crippen LogP contribution in [-0.4, -0.2) is 5.91 Å². The minimum absolute atomic E-state index is 0.316. The monoisotopic (exact) mass is 169 g/mol. The van der Waals surface area contributed by atoms with Crippen molar-refractivity contribution < 1.29 is 4.79 Å². The molecule has 0 saturated heterocycles. The van der Waals surface area contributed by atoms with Crippen molar-refractivity contribution in [3.63, 3.8) is 0 Å². The average molecular weight is 169 g/mol. The molecule has 0 atom stereocenters. The van der Waals surface area contributed by atoms with Crippen LogP contribution in [0, 0.1) is 0 Å². The lowest BCUT2D eigenvalue weighted by molar-refractivity contribution is 0.100. The molecule has 0 spiro atoms. The Hall–Kier alpha value is -0.830. The standard InChI is InChI=1S/C8H11NOS/c1-5(2)6-3-4-11-7(6)8(9)10/h3-5H,1-2H3,(H2,9,10). The molecule has 0 radical (unpaired) electrons. The van der Waals surface area contributed by atoms with E-state index in [1.807, 2.05) is 11.4 Å². The van der Waals surface area contributed by atoms with Crippen LogP contribution in [0.15, 0.2) is 11.4 Å². The molecule has 3 heteroatoms. The zero-order valence-electron chi connectivity index (χ0n) is 6.63. The van der Waals surface area contributed by atoms with Crippen molar-refractivity contribution in [1.29, 1.82) is 0 Å². The van der Waals surface area contributed by atoms with Gasteiger partial charge in [0, 0.05) is 0 Å². The summed E-state index contributed by atoms with van der Waals surface area (Å²) >= 11 is 1.41. The number of hydrogen-bond acceptors (Lipinski definition) is 2. The lowest BCUT2D eigenvalue weighted by atomic mass is 10.0. The van der Waals surface area contributed by atoms with E-state index >= 15 is 0 Å². The Morgan fingerprint density at radius 1 is 1.64 bits per heavy atom. The van der Waals surface area contributed by atoms with Crippen molar-refractivity contribution in [3.8, 4) is 0 Å². The highest BCUT2D eigenvalue weighted by Gasteiger charge is 2.11. The summed E-state index contributed by atoms with van der Waals surface area (Å²) in [5.74, 6) is 0.0625. The van der Waals surface area contributed by atoms with Crippen LogP contribution in [0.5, 0.6) is 0 Å². The molecule has 60 valence electrons. The highest BCUT2D eigenvalue weighted by atomic mass is 32.1. The van der Waals surface area contributed by atoms with Crippen LogP contribution in [0.4, 0.5) is 0 Å². The minimum Gasteiger partial charge on any atom is -0.365 e. The lowest BCUT2D eigenvalue weighted by Crippen LogP contribution is -2.11. The van der Waals surface area contributed by atoms with Gasteiger partial charge in [0.2, 0.25) is 0 Å². The van der Waals surface area contributed by atoms with Gasteiger partial charge in [-0.2, -0.15) is 0 Å². The third kappa shape index (κ3) is 1.60. The van der Waals surface area contributed by atoms with Crippen LogP contribution in [0.3, 0.4) is 0 Å². The Morgan fingerprint density at radius 2 is 2.27 bits per heavy atom. The second kappa shape index (κ2) is 3.05. The van der Waals surface area contributed by atoms with Gasteiger partial charge in [-0.15, -0.1) is 11.3 Å². The van der Waals surface area contributed by atoms with Crippen LogP contribution in [-0.2, 0) is 0 Å². The Morgan fingerprint density at radius 3 is 2.64 bits per heavy atom. The zero-order valence-corrected chi connectivity index (χ0v) is 7.44. The first kappa shape index (κ1) is 8.27. The first-order valence-corrected chi connectivity index (χ1v) is 4.38. The molecular formula is C8H11NOS. The third-order valence-electron chi connectivity index (χ3n) is 1.54. The molecule has 0 saturated carbocycles. The fourth-order valence-corrected chi connectivity index (χ4v) is 1.88. The highest BCUT2D eigenvalue weighted by molar-refractivity contribution is 7.12. The average Bonchev–Trinajstić information content (AvgIpc) is 2.32. The number of amides is 1. The number of primary amides is 1. The summed E-state index contributed by atoms with van der Waals surface area (Å²) in [6, 6.07) is 1.95. The van der Waals surface area contributed by atoms with Crippen LogP contribution < -0.4 is 5.73 Å². The third-order valence-corrected chi connectivity index (χ3v) is 2.49. The topological polar surface area (TPSA) is 43.1 Å². The summed E-state index contributed by atoms with van der Waals surface area (Å²) in [6.45, 7) is 4.10. The van der Waals surface area contributed by atoms with Gasteiger partial charge in [0.05, 0.1) is 4.88 Å². The Labute approximate surface area is 70.0 Å². The number of hydrogen-bond donors (Lipinski definition) is 1. The van der Waals surface area contributed by atoms with E-state index in [0.29, 0.717) is 10.8 Å². The number of nitrogens with two attached hydrogens (primary N) is 1. The molecule has 1 rings (SSSR count). The summed E-state index contributed by atoms with van der Waals surface area (Å²) in [4.78, 5) is 11.5. The van der Waals surface area contributed by atoms with Gasteiger partial charge in [-0.1, -0.05) is 13.8 Å². The molecule has 2 nitrogen and oxygen atoms in total. The first-order valence-electron chi connectivity index (χ1n) is 3.50. The van der Waals surface area contributed by atoms with E-state index < -0.39 is 0 Å². The molecule has 0 aliphatic heterocycles. The largest absolute Gasteiger partial charge is 0.365 e. The number of carbonyl (C=O) groups is 1. The Balaban J connectivity index is 3.06. The molecule has 1 amide bonds. The van der Waals surface area contributed by atoms with Crippen LogP contribution in [0.2, 0.25) is 0 Å². The summed E-state index contributed by atoms with van der Waals surface area (Å²) in [7, 11) is 0. The number of thiophene rings is 1. The summed E-state index contributed by atoms with van der Waals surface area (Å²) in [6.07, 6.45) is 0. The van der Waals surface area contributed by atoms with E-state index in [-0.39, 0.29) is 5.91 Å².